The molecule has 0 amide bonds. The first-order valence-electron chi connectivity index (χ1n) is 10.7. The first-order chi connectivity index (χ1) is 16.6. The van der Waals surface area contributed by atoms with Crippen LogP contribution in [0.4, 0.5) is 0 Å². The van der Waals surface area contributed by atoms with Crippen LogP contribution < -0.4 is 15.1 Å². The van der Waals surface area contributed by atoms with Gasteiger partial charge < -0.3 is 9.15 Å². The summed E-state index contributed by atoms with van der Waals surface area (Å²) in [6.07, 6.45) is 0.0458. The number of hydrogen-bond acceptors (Lipinski definition) is 6. The van der Waals surface area contributed by atoms with E-state index < -0.39 is 27.7 Å². The van der Waals surface area contributed by atoms with E-state index in [4.69, 9.17) is 20.8 Å². The van der Waals surface area contributed by atoms with Gasteiger partial charge in [0, 0.05) is 17.5 Å². The summed E-state index contributed by atoms with van der Waals surface area (Å²) in [6.45, 7) is 3.58. The predicted octanol–water partition coefficient (Wildman–Crippen LogP) is 4.56. The maximum Gasteiger partial charge on any atom is 0.336 e. The Balaban J connectivity index is 1.66. The highest BCUT2D eigenvalue weighted by molar-refractivity contribution is 7.89. The molecule has 0 spiro atoms. The molecule has 1 N–H and O–H groups in total. The normalized spacial score (nSPS) is 12.4. The van der Waals surface area contributed by atoms with Crippen molar-refractivity contribution in [1.82, 2.24) is 4.72 Å². The molecule has 180 valence electrons. The number of ether oxygens (including phenoxy) is 1. The molecule has 0 fully saturated rings. The van der Waals surface area contributed by atoms with E-state index in [2.05, 4.69) is 4.72 Å². The summed E-state index contributed by atoms with van der Waals surface area (Å²) in [6, 6.07) is 18.2. The SMILES string of the molecule is Cc1ccc(S(=O)(=O)NC(Cc2ccccc2)C(=O)Oc2cc3oc(=O)cc(C)c3cc2Cl)cc1. The minimum absolute atomic E-state index is 0.0231. The van der Waals surface area contributed by atoms with E-state index >= 15 is 0 Å². The minimum atomic E-state index is -4.03. The van der Waals surface area contributed by atoms with Crippen molar-refractivity contribution in [2.24, 2.45) is 0 Å². The van der Waals surface area contributed by atoms with Gasteiger partial charge in [0.25, 0.3) is 0 Å². The molecule has 35 heavy (non-hydrogen) atoms. The smallest absolute Gasteiger partial charge is 0.336 e. The van der Waals surface area contributed by atoms with Crippen molar-refractivity contribution >= 4 is 38.6 Å². The fourth-order valence-corrected chi connectivity index (χ4v) is 4.96. The first kappa shape index (κ1) is 24.7. The molecule has 4 rings (SSSR count). The second-order valence-electron chi connectivity index (χ2n) is 8.12. The highest BCUT2D eigenvalue weighted by Gasteiger charge is 2.28. The Morgan fingerprint density at radius 1 is 1.03 bits per heavy atom. The highest BCUT2D eigenvalue weighted by atomic mass is 35.5. The maximum atomic E-state index is 13.2. The van der Waals surface area contributed by atoms with Crippen LogP contribution in [0.3, 0.4) is 0 Å². The molecule has 1 unspecified atom stereocenters. The number of rotatable bonds is 7. The zero-order valence-corrected chi connectivity index (χ0v) is 20.5. The fourth-order valence-electron chi connectivity index (χ4n) is 3.57. The Labute approximate surface area is 207 Å². The molecule has 0 bridgehead atoms. The highest BCUT2D eigenvalue weighted by Crippen LogP contribution is 2.31. The van der Waals surface area contributed by atoms with Gasteiger partial charge >= 0.3 is 11.6 Å². The Kier molecular flexibility index (Phi) is 7.07. The minimum Gasteiger partial charge on any atom is -0.424 e. The van der Waals surface area contributed by atoms with Crippen LogP contribution in [-0.4, -0.2) is 20.4 Å². The molecule has 0 saturated heterocycles. The molecule has 1 atom stereocenters. The molecule has 0 aliphatic rings. The molecule has 9 heteroatoms. The van der Waals surface area contributed by atoms with Gasteiger partial charge in [0.1, 0.15) is 11.6 Å². The Morgan fingerprint density at radius 3 is 2.40 bits per heavy atom. The van der Waals surface area contributed by atoms with E-state index in [1.54, 1.807) is 43.3 Å². The molecule has 1 heterocycles. The summed E-state index contributed by atoms with van der Waals surface area (Å²) in [7, 11) is -4.03. The van der Waals surface area contributed by atoms with Gasteiger partial charge in [0.05, 0.1) is 9.92 Å². The molecular formula is C26H22ClNO6S. The zero-order chi connectivity index (χ0) is 25.2. The quantitative estimate of drug-likeness (QED) is 0.222. The van der Waals surface area contributed by atoms with E-state index in [1.807, 2.05) is 13.0 Å². The number of sulfonamides is 1. The Morgan fingerprint density at radius 2 is 1.71 bits per heavy atom. The lowest BCUT2D eigenvalue weighted by molar-refractivity contribution is -0.136. The van der Waals surface area contributed by atoms with Crippen LogP contribution in [0.15, 0.2) is 86.9 Å². The lowest BCUT2D eigenvalue weighted by Crippen LogP contribution is -2.44. The van der Waals surface area contributed by atoms with Gasteiger partial charge in [0.2, 0.25) is 10.0 Å². The van der Waals surface area contributed by atoms with Crippen molar-refractivity contribution in [3.8, 4) is 5.75 Å². The van der Waals surface area contributed by atoms with Gasteiger partial charge in [0.15, 0.2) is 5.75 Å². The van der Waals surface area contributed by atoms with Crippen molar-refractivity contribution in [3.05, 3.63) is 105 Å². The first-order valence-corrected chi connectivity index (χ1v) is 12.6. The van der Waals surface area contributed by atoms with Crippen molar-refractivity contribution < 1.29 is 22.4 Å². The summed E-state index contributed by atoms with van der Waals surface area (Å²) in [5.41, 5.74) is 1.93. The van der Waals surface area contributed by atoms with E-state index in [0.717, 1.165) is 11.1 Å². The van der Waals surface area contributed by atoms with Crippen LogP contribution in [0.25, 0.3) is 11.0 Å². The standard InChI is InChI=1S/C26H22ClNO6S/c1-16-8-10-19(11-9-16)35(31,32)28-22(13-18-6-4-3-5-7-18)26(30)34-24-15-23-20(14-21(24)27)17(2)12-25(29)33-23/h3-12,14-15,22,28H,13H2,1-2H3. The molecule has 7 nitrogen and oxygen atoms in total. The van der Waals surface area contributed by atoms with Crippen molar-refractivity contribution in [1.29, 1.82) is 0 Å². The summed E-state index contributed by atoms with van der Waals surface area (Å²) in [5.74, 6) is -0.911. The largest absolute Gasteiger partial charge is 0.424 e. The van der Waals surface area contributed by atoms with Crippen LogP contribution in [0, 0.1) is 13.8 Å². The van der Waals surface area contributed by atoms with Gasteiger partial charge in [-0.05, 0) is 49.6 Å². The lowest BCUT2D eigenvalue weighted by Gasteiger charge is -2.18. The topological polar surface area (TPSA) is 103 Å². The number of nitrogens with one attached hydrogen (secondary N) is 1. The van der Waals surface area contributed by atoms with Crippen molar-refractivity contribution in [2.45, 2.75) is 31.2 Å². The van der Waals surface area contributed by atoms with Crippen molar-refractivity contribution in [3.63, 3.8) is 0 Å². The van der Waals surface area contributed by atoms with Gasteiger partial charge in [-0.25, -0.2) is 18.0 Å². The monoisotopic (exact) mass is 511 g/mol. The third-order valence-electron chi connectivity index (χ3n) is 5.41. The van der Waals surface area contributed by atoms with Gasteiger partial charge in [-0.1, -0.05) is 59.6 Å². The third kappa shape index (κ3) is 5.79. The molecule has 0 aliphatic heterocycles. The fraction of sp³-hybridized carbons (Fsp3) is 0.154. The molecule has 0 saturated carbocycles. The molecular weight excluding hydrogens is 490 g/mol. The molecule has 1 aromatic heterocycles. The van der Waals surface area contributed by atoms with E-state index in [0.29, 0.717) is 10.9 Å². The number of carbonyl (C=O) groups excluding carboxylic acids is 1. The van der Waals surface area contributed by atoms with E-state index in [-0.39, 0.29) is 27.7 Å². The Hall–Kier alpha value is -3.46. The number of carbonyl (C=O) groups is 1. The third-order valence-corrected chi connectivity index (χ3v) is 7.19. The van der Waals surface area contributed by atoms with Gasteiger partial charge in [-0.2, -0.15) is 4.72 Å². The van der Waals surface area contributed by atoms with Crippen LogP contribution in [0.5, 0.6) is 5.75 Å². The lowest BCUT2D eigenvalue weighted by atomic mass is 10.1. The molecule has 3 aromatic carbocycles. The zero-order valence-electron chi connectivity index (χ0n) is 18.9. The number of halogens is 1. The van der Waals surface area contributed by atoms with E-state index in [9.17, 15) is 18.0 Å². The van der Waals surface area contributed by atoms with Gasteiger partial charge in [-0.15, -0.1) is 0 Å². The summed E-state index contributed by atoms with van der Waals surface area (Å²) in [5, 5.41) is 0.706. The van der Waals surface area contributed by atoms with Gasteiger partial charge in [-0.3, -0.25) is 0 Å². The van der Waals surface area contributed by atoms with Crippen LogP contribution in [0.1, 0.15) is 16.7 Å². The molecule has 0 radical (unpaired) electrons. The predicted molar refractivity (Wildman–Crippen MR) is 133 cm³/mol. The summed E-state index contributed by atoms with van der Waals surface area (Å²) >= 11 is 6.33. The second-order valence-corrected chi connectivity index (χ2v) is 10.2. The number of fused-ring (bicyclic) bond motifs is 1. The van der Waals surface area contributed by atoms with Crippen molar-refractivity contribution in [2.75, 3.05) is 0 Å². The molecule has 0 aliphatic carbocycles. The summed E-state index contributed by atoms with van der Waals surface area (Å²) in [4.78, 5) is 25.0. The molecule has 4 aromatic rings. The maximum absolute atomic E-state index is 13.2. The average molecular weight is 512 g/mol. The number of aryl methyl sites for hydroxylation is 2. The number of benzene rings is 3. The van der Waals surface area contributed by atoms with Crippen LogP contribution in [0.2, 0.25) is 5.02 Å². The number of esters is 1. The number of hydrogen-bond donors (Lipinski definition) is 1. The van der Waals surface area contributed by atoms with Crippen LogP contribution in [-0.2, 0) is 21.2 Å². The summed E-state index contributed by atoms with van der Waals surface area (Å²) < 4.78 is 39.2. The van der Waals surface area contributed by atoms with E-state index in [1.165, 1.54) is 30.3 Å². The second kappa shape index (κ2) is 10.0. The van der Waals surface area contributed by atoms with Crippen LogP contribution >= 0.6 is 11.6 Å². The Bertz CT molecular complexity index is 1550. The average Bonchev–Trinajstić information content (AvgIpc) is 2.80.